The maximum absolute atomic E-state index is 5.28. The second-order valence-corrected chi connectivity index (χ2v) is 6.18. The van der Waals surface area contributed by atoms with Crippen LogP contribution in [-0.2, 0) is 0 Å². The molecule has 0 bridgehead atoms. The van der Waals surface area contributed by atoms with Gasteiger partial charge in [0.15, 0.2) is 5.11 Å². The fraction of sp³-hybridized carbons (Fsp3) is 0.263. The molecule has 2 aromatic rings. The molecule has 0 aliphatic carbocycles. The van der Waals surface area contributed by atoms with Gasteiger partial charge < -0.3 is 10.1 Å². The Morgan fingerprint density at radius 3 is 2.46 bits per heavy atom. The predicted molar refractivity (Wildman–Crippen MR) is 105 cm³/mol. The number of nitrogens with zero attached hydrogens (tertiary/aromatic N) is 1. The highest BCUT2D eigenvalue weighted by molar-refractivity contribution is 7.80. The Hall–Kier alpha value is -2.40. The lowest BCUT2D eigenvalue weighted by Crippen LogP contribution is -2.24. The smallest absolute Gasteiger partial charge is 0.191 e. The average Bonchev–Trinajstić information content (AvgIpc) is 2.60. The fourth-order valence-electron chi connectivity index (χ4n) is 2.16. The highest BCUT2D eigenvalue weighted by atomic mass is 32.1. The molecule has 0 saturated carbocycles. The van der Waals surface area contributed by atoms with Crippen molar-refractivity contribution in [2.75, 3.05) is 12.4 Å². The highest BCUT2D eigenvalue weighted by Gasteiger charge is 2.02. The predicted octanol–water partition coefficient (Wildman–Crippen LogP) is 4.53. The summed E-state index contributed by atoms with van der Waals surface area (Å²) in [5.41, 5.74) is 6.91. The van der Waals surface area contributed by atoms with Gasteiger partial charge in [0.2, 0.25) is 0 Å². The van der Waals surface area contributed by atoms with E-state index in [1.807, 2.05) is 43.3 Å². The number of hydrazone groups is 1. The monoisotopic (exact) mass is 341 g/mol. The number of rotatable bonds is 5. The number of hydrogen-bond acceptors (Lipinski definition) is 3. The van der Waals surface area contributed by atoms with Crippen LogP contribution in [0.5, 0.6) is 5.75 Å². The van der Waals surface area contributed by atoms with E-state index in [2.05, 4.69) is 41.8 Å². The molecule has 0 amide bonds. The van der Waals surface area contributed by atoms with Crippen LogP contribution in [0.3, 0.4) is 0 Å². The van der Waals surface area contributed by atoms with Crippen LogP contribution in [0.25, 0.3) is 0 Å². The summed E-state index contributed by atoms with van der Waals surface area (Å²) < 4.78 is 5.22. The van der Waals surface area contributed by atoms with Crippen LogP contribution in [0, 0.1) is 0 Å². The molecule has 0 aliphatic heterocycles. The maximum Gasteiger partial charge on any atom is 0.191 e. The minimum absolute atomic E-state index is 0.453. The third-order valence-electron chi connectivity index (χ3n) is 3.65. The van der Waals surface area contributed by atoms with Crippen LogP contribution in [0.1, 0.15) is 37.8 Å². The zero-order valence-electron chi connectivity index (χ0n) is 14.5. The van der Waals surface area contributed by atoms with Crippen LogP contribution >= 0.6 is 12.2 Å². The third kappa shape index (κ3) is 5.06. The van der Waals surface area contributed by atoms with Gasteiger partial charge in [0.25, 0.3) is 0 Å². The van der Waals surface area contributed by atoms with Gasteiger partial charge in [-0.05, 0) is 54.9 Å². The van der Waals surface area contributed by atoms with E-state index in [0.717, 1.165) is 22.7 Å². The summed E-state index contributed by atoms with van der Waals surface area (Å²) in [7, 11) is 1.65. The number of ether oxygens (including phenoxy) is 1. The molecule has 0 saturated heterocycles. The van der Waals surface area contributed by atoms with Crippen molar-refractivity contribution < 1.29 is 4.74 Å². The molecular formula is C19H23N3OS. The Morgan fingerprint density at radius 1 is 1.12 bits per heavy atom. The molecule has 0 radical (unpaired) electrons. The molecule has 0 spiro atoms. The lowest BCUT2D eigenvalue weighted by Gasteiger charge is -2.10. The van der Waals surface area contributed by atoms with Gasteiger partial charge in [-0.15, -0.1) is 0 Å². The van der Waals surface area contributed by atoms with Crippen LogP contribution in [-0.4, -0.2) is 17.9 Å². The first-order chi connectivity index (χ1) is 11.5. The van der Waals surface area contributed by atoms with Gasteiger partial charge in [-0.25, -0.2) is 0 Å². The Morgan fingerprint density at radius 2 is 1.83 bits per heavy atom. The number of benzene rings is 2. The summed E-state index contributed by atoms with van der Waals surface area (Å²) in [5.74, 6) is 1.31. The van der Waals surface area contributed by atoms with E-state index >= 15 is 0 Å². The van der Waals surface area contributed by atoms with Gasteiger partial charge in [0, 0.05) is 11.3 Å². The number of anilines is 1. The molecule has 5 heteroatoms. The highest BCUT2D eigenvalue weighted by Crippen LogP contribution is 2.17. The van der Waals surface area contributed by atoms with Crippen LogP contribution in [0.4, 0.5) is 5.69 Å². The standard InChI is InChI=1S/C19H23N3OS/c1-13(2)15-8-10-17(11-9-15)20-19(24)22-21-14(3)16-6-5-7-18(12-16)23-4/h5-13H,1-4H3,(H2,20,22,24)/b21-14-. The van der Waals surface area contributed by atoms with E-state index in [1.165, 1.54) is 5.56 Å². The summed E-state index contributed by atoms with van der Waals surface area (Å²) >= 11 is 5.28. The summed E-state index contributed by atoms with van der Waals surface area (Å²) in [5, 5.41) is 7.90. The Labute approximate surface area is 148 Å². The van der Waals surface area contributed by atoms with Crippen molar-refractivity contribution in [3.63, 3.8) is 0 Å². The number of nitrogens with one attached hydrogen (secondary N) is 2. The van der Waals surface area contributed by atoms with Crippen LogP contribution in [0.2, 0.25) is 0 Å². The van der Waals surface area contributed by atoms with Crippen molar-refractivity contribution in [2.24, 2.45) is 5.10 Å². The molecule has 0 aliphatic rings. The first-order valence-corrected chi connectivity index (χ1v) is 8.26. The van der Waals surface area contributed by atoms with E-state index in [4.69, 9.17) is 17.0 Å². The Bertz CT molecular complexity index is 724. The van der Waals surface area contributed by atoms with E-state index < -0.39 is 0 Å². The second kappa shape index (κ2) is 8.45. The molecule has 0 atom stereocenters. The zero-order chi connectivity index (χ0) is 17.5. The van der Waals surface area contributed by atoms with Gasteiger partial charge >= 0.3 is 0 Å². The molecule has 0 aromatic heterocycles. The van der Waals surface area contributed by atoms with E-state index in [1.54, 1.807) is 7.11 Å². The van der Waals surface area contributed by atoms with Gasteiger partial charge in [0.1, 0.15) is 5.75 Å². The quantitative estimate of drug-likeness (QED) is 0.476. The SMILES string of the molecule is COc1cccc(/C(C)=N\NC(=S)Nc2ccc(C(C)C)cc2)c1. The van der Waals surface area contributed by atoms with Gasteiger partial charge in [0.05, 0.1) is 12.8 Å². The number of thiocarbonyl (C=S) groups is 1. The number of hydrogen-bond donors (Lipinski definition) is 2. The van der Waals surface area contributed by atoms with Gasteiger partial charge in [-0.2, -0.15) is 5.10 Å². The Balaban J connectivity index is 1.96. The topological polar surface area (TPSA) is 45.6 Å². The summed E-state index contributed by atoms with van der Waals surface area (Å²) in [6.45, 7) is 6.26. The van der Waals surface area contributed by atoms with Crippen molar-refractivity contribution in [3.05, 3.63) is 59.7 Å². The summed E-state index contributed by atoms with van der Waals surface area (Å²) in [6, 6.07) is 16.0. The van der Waals surface area contributed by atoms with E-state index in [-0.39, 0.29) is 0 Å². The molecule has 2 N–H and O–H groups in total. The summed E-state index contributed by atoms with van der Waals surface area (Å²) in [6.07, 6.45) is 0. The Kier molecular flexibility index (Phi) is 6.32. The third-order valence-corrected chi connectivity index (χ3v) is 3.84. The summed E-state index contributed by atoms with van der Waals surface area (Å²) in [4.78, 5) is 0. The first-order valence-electron chi connectivity index (χ1n) is 7.85. The maximum atomic E-state index is 5.28. The minimum Gasteiger partial charge on any atom is -0.497 e. The largest absolute Gasteiger partial charge is 0.497 e. The molecule has 2 rings (SSSR count). The van der Waals surface area contributed by atoms with Crippen molar-refractivity contribution in [1.29, 1.82) is 0 Å². The molecule has 0 fully saturated rings. The molecule has 126 valence electrons. The van der Waals surface area contributed by atoms with Gasteiger partial charge in [-0.1, -0.05) is 38.1 Å². The minimum atomic E-state index is 0.453. The molecule has 2 aromatic carbocycles. The van der Waals surface area contributed by atoms with Gasteiger partial charge in [-0.3, -0.25) is 5.43 Å². The normalized spacial score (nSPS) is 11.3. The fourth-order valence-corrected chi connectivity index (χ4v) is 2.32. The van der Waals surface area contributed by atoms with Crippen molar-refractivity contribution in [3.8, 4) is 5.75 Å². The average molecular weight is 341 g/mol. The molecular weight excluding hydrogens is 318 g/mol. The molecule has 24 heavy (non-hydrogen) atoms. The van der Waals surface area contributed by atoms with Crippen LogP contribution < -0.4 is 15.5 Å². The molecule has 0 unspecified atom stereocenters. The van der Waals surface area contributed by atoms with Crippen LogP contribution in [0.15, 0.2) is 53.6 Å². The first kappa shape index (κ1) is 17.9. The van der Waals surface area contributed by atoms with Crippen molar-refractivity contribution >= 4 is 28.7 Å². The molecule has 0 heterocycles. The lowest BCUT2D eigenvalue weighted by atomic mass is 10.0. The number of methoxy groups -OCH3 is 1. The van der Waals surface area contributed by atoms with Crippen molar-refractivity contribution in [2.45, 2.75) is 26.7 Å². The van der Waals surface area contributed by atoms with Crippen molar-refractivity contribution in [1.82, 2.24) is 5.43 Å². The van der Waals surface area contributed by atoms with E-state index in [0.29, 0.717) is 11.0 Å². The van der Waals surface area contributed by atoms with E-state index in [9.17, 15) is 0 Å². The lowest BCUT2D eigenvalue weighted by molar-refractivity contribution is 0.414. The second-order valence-electron chi connectivity index (χ2n) is 5.77. The molecule has 4 nitrogen and oxygen atoms in total. The zero-order valence-corrected chi connectivity index (χ0v) is 15.3.